The maximum Gasteiger partial charge on any atom is 0.338 e. The zero-order valence-electron chi connectivity index (χ0n) is 14.1. The number of methoxy groups -OCH3 is 1. The summed E-state index contributed by atoms with van der Waals surface area (Å²) >= 11 is 0. The minimum atomic E-state index is -0.646. The third-order valence-electron chi connectivity index (χ3n) is 4.48. The second-order valence-corrected chi connectivity index (χ2v) is 5.98. The molecule has 0 radical (unpaired) electrons. The molecule has 0 saturated carbocycles. The number of benzene rings is 2. The van der Waals surface area contributed by atoms with Crippen LogP contribution in [0.2, 0.25) is 0 Å². The van der Waals surface area contributed by atoms with E-state index in [1.165, 1.54) is 7.11 Å². The Bertz CT molecular complexity index is 1230. The Morgan fingerprint density at radius 2 is 1.85 bits per heavy atom. The highest BCUT2D eigenvalue weighted by Crippen LogP contribution is 2.26. The van der Waals surface area contributed by atoms with Gasteiger partial charge in [0.1, 0.15) is 5.82 Å². The summed E-state index contributed by atoms with van der Waals surface area (Å²) in [4.78, 5) is 48.2. The Hall–Kier alpha value is -3.94. The second kappa shape index (κ2) is 5.80. The van der Waals surface area contributed by atoms with Crippen molar-refractivity contribution < 1.29 is 19.1 Å². The molecule has 1 aliphatic rings. The van der Waals surface area contributed by atoms with Crippen LogP contribution in [0.3, 0.4) is 0 Å². The monoisotopic (exact) mass is 363 g/mol. The van der Waals surface area contributed by atoms with Gasteiger partial charge in [-0.1, -0.05) is 18.2 Å². The Labute approximate surface area is 152 Å². The van der Waals surface area contributed by atoms with Gasteiger partial charge in [0, 0.05) is 6.07 Å². The number of nitrogens with zero attached hydrogens (tertiary/aromatic N) is 1. The maximum atomic E-state index is 12.5. The molecule has 3 N–H and O–H groups in total. The van der Waals surface area contributed by atoms with Gasteiger partial charge in [-0.3, -0.25) is 24.3 Å². The van der Waals surface area contributed by atoms with Gasteiger partial charge in [-0.15, -0.1) is 0 Å². The number of nitrogens with one attached hydrogen (secondary N) is 1. The SMILES string of the molecule is COC(=O)c1cccc2cc(-n3c(N)c4c(cc3=O)C(=O)NC4=O)ccc12. The third kappa shape index (κ3) is 2.38. The Morgan fingerprint density at radius 1 is 1.07 bits per heavy atom. The van der Waals surface area contributed by atoms with Gasteiger partial charge in [0.15, 0.2) is 0 Å². The molecule has 0 spiro atoms. The number of amides is 2. The first-order chi connectivity index (χ1) is 12.9. The second-order valence-electron chi connectivity index (χ2n) is 5.98. The number of aromatic nitrogens is 1. The first-order valence-electron chi connectivity index (χ1n) is 7.95. The quantitative estimate of drug-likeness (QED) is 0.522. The van der Waals surface area contributed by atoms with Crippen LogP contribution < -0.4 is 16.6 Å². The van der Waals surface area contributed by atoms with Gasteiger partial charge in [-0.05, 0) is 29.0 Å². The van der Waals surface area contributed by atoms with Crippen LogP contribution in [0, 0.1) is 0 Å². The van der Waals surface area contributed by atoms with Crippen LogP contribution in [-0.4, -0.2) is 29.5 Å². The number of pyridine rings is 1. The molecule has 0 bridgehead atoms. The van der Waals surface area contributed by atoms with Gasteiger partial charge in [0.25, 0.3) is 17.4 Å². The lowest BCUT2D eigenvalue weighted by atomic mass is 10.0. The molecule has 134 valence electrons. The number of hydrogen-bond acceptors (Lipinski definition) is 6. The predicted octanol–water partition coefficient (Wildman–Crippen LogP) is 1.24. The molecule has 0 aliphatic carbocycles. The van der Waals surface area contributed by atoms with Gasteiger partial charge in [-0.2, -0.15) is 0 Å². The van der Waals surface area contributed by atoms with Crippen molar-refractivity contribution >= 4 is 34.4 Å². The first-order valence-corrected chi connectivity index (χ1v) is 7.95. The lowest BCUT2D eigenvalue weighted by molar-refractivity contribution is 0.0602. The topological polar surface area (TPSA) is 120 Å². The molecule has 0 unspecified atom stereocenters. The average molecular weight is 363 g/mol. The molecule has 3 aromatic rings. The van der Waals surface area contributed by atoms with Crippen molar-refractivity contribution in [3.05, 3.63) is 69.5 Å². The molecule has 0 atom stereocenters. The molecule has 4 rings (SSSR count). The molecule has 27 heavy (non-hydrogen) atoms. The summed E-state index contributed by atoms with van der Waals surface area (Å²) < 4.78 is 5.93. The van der Waals surface area contributed by atoms with E-state index in [2.05, 4.69) is 5.32 Å². The summed E-state index contributed by atoms with van der Waals surface area (Å²) in [6.07, 6.45) is 0. The molecule has 2 aromatic carbocycles. The van der Waals surface area contributed by atoms with Gasteiger partial charge < -0.3 is 10.5 Å². The Kier molecular flexibility index (Phi) is 3.55. The zero-order valence-corrected chi connectivity index (χ0v) is 14.1. The fourth-order valence-electron chi connectivity index (χ4n) is 3.24. The van der Waals surface area contributed by atoms with E-state index in [-0.39, 0.29) is 16.9 Å². The normalized spacial score (nSPS) is 12.8. The summed E-state index contributed by atoms with van der Waals surface area (Å²) in [5.41, 5.74) is 6.23. The molecular weight excluding hydrogens is 350 g/mol. The van der Waals surface area contributed by atoms with Crippen LogP contribution in [0.1, 0.15) is 31.1 Å². The summed E-state index contributed by atoms with van der Waals surface area (Å²) in [5, 5.41) is 3.45. The van der Waals surface area contributed by atoms with E-state index in [9.17, 15) is 19.2 Å². The number of nitrogen functional groups attached to an aromatic ring is 1. The Morgan fingerprint density at radius 3 is 2.59 bits per heavy atom. The molecule has 0 saturated heterocycles. The number of nitrogens with two attached hydrogens (primary N) is 1. The number of rotatable bonds is 2. The summed E-state index contributed by atoms with van der Waals surface area (Å²) in [6.45, 7) is 0. The van der Waals surface area contributed by atoms with Crippen LogP contribution in [0.4, 0.5) is 5.82 Å². The van der Waals surface area contributed by atoms with Crippen LogP contribution in [-0.2, 0) is 4.74 Å². The number of anilines is 1. The number of imide groups is 1. The van der Waals surface area contributed by atoms with Crippen LogP contribution in [0.5, 0.6) is 0 Å². The fourth-order valence-corrected chi connectivity index (χ4v) is 3.24. The van der Waals surface area contributed by atoms with Crippen molar-refractivity contribution in [2.45, 2.75) is 0 Å². The van der Waals surface area contributed by atoms with Crippen molar-refractivity contribution in [3.63, 3.8) is 0 Å². The van der Waals surface area contributed by atoms with Crippen molar-refractivity contribution in [3.8, 4) is 5.69 Å². The lowest BCUT2D eigenvalue weighted by Gasteiger charge is -2.13. The van der Waals surface area contributed by atoms with Crippen molar-refractivity contribution in [2.75, 3.05) is 12.8 Å². The number of hydrogen-bond donors (Lipinski definition) is 2. The van der Waals surface area contributed by atoms with E-state index in [0.717, 1.165) is 10.6 Å². The van der Waals surface area contributed by atoms with Crippen LogP contribution in [0.25, 0.3) is 16.5 Å². The highest BCUT2D eigenvalue weighted by Gasteiger charge is 2.31. The Balaban J connectivity index is 1.96. The molecule has 0 fully saturated rings. The van der Waals surface area contributed by atoms with E-state index >= 15 is 0 Å². The van der Waals surface area contributed by atoms with E-state index in [0.29, 0.717) is 22.0 Å². The number of fused-ring (bicyclic) bond motifs is 2. The number of carbonyl (C=O) groups is 3. The number of esters is 1. The summed E-state index contributed by atoms with van der Waals surface area (Å²) in [6, 6.07) is 11.1. The zero-order chi connectivity index (χ0) is 19.3. The van der Waals surface area contributed by atoms with Gasteiger partial charge in [0.05, 0.1) is 29.5 Å². The third-order valence-corrected chi connectivity index (χ3v) is 4.48. The molecule has 8 nitrogen and oxygen atoms in total. The van der Waals surface area contributed by atoms with Gasteiger partial charge in [-0.25, -0.2) is 4.79 Å². The molecule has 1 aromatic heterocycles. The van der Waals surface area contributed by atoms with Crippen molar-refractivity contribution in [2.24, 2.45) is 0 Å². The minimum Gasteiger partial charge on any atom is -0.465 e. The van der Waals surface area contributed by atoms with Crippen molar-refractivity contribution in [1.29, 1.82) is 0 Å². The molecule has 2 heterocycles. The van der Waals surface area contributed by atoms with Crippen molar-refractivity contribution in [1.82, 2.24) is 9.88 Å². The molecule has 1 aliphatic heterocycles. The molecular formula is C19H13N3O5. The van der Waals surface area contributed by atoms with E-state index in [4.69, 9.17) is 10.5 Å². The van der Waals surface area contributed by atoms with E-state index in [1.807, 2.05) is 0 Å². The smallest absolute Gasteiger partial charge is 0.338 e. The van der Waals surface area contributed by atoms with Crippen LogP contribution in [0.15, 0.2) is 47.3 Å². The van der Waals surface area contributed by atoms with Crippen LogP contribution >= 0.6 is 0 Å². The average Bonchev–Trinajstić information content (AvgIpc) is 2.94. The highest BCUT2D eigenvalue weighted by atomic mass is 16.5. The minimum absolute atomic E-state index is 0.0250. The number of carbonyl (C=O) groups excluding carboxylic acids is 3. The largest absolute Gasteiger partial charge is 0.465 e. The summed E-state index contributed by atoms with van der Waals surface area (Å²) in [7, 11) is 1.30. The highest BCUT2D eigenvalue weighted by molar-refractivity contribution is 6.23. The van der Waals surface area contributed by atoms with Gasteiger partial charge >= 0.3 is 5.97 Å². The lowest BCUT2D eigenvalue weighted by Crippen LogP contribution is -2.24. The molecule has 8 heteroatoms. The van der Waals surface area contributed by atoms with E-state index in [1.54, 1.807) is 36.4 Å². The standard InChI is InChI=1S/C19H13N3O5/c1-27-19(26)12-4-2-3-9-7-10(5-6-11(9)12)22-14(23)8-13-15(16(22)20)18(25)21-17(13)24/h2-8H,20H2,1H3,(H,21,24,25). The maximum absolute atomic E-state index is 12.5. The number of ether oxygens (including phenoxy) is 1. The first kappa shape index (κ1) is 16.5. The molecule has 2 amide bonds. The fraction of sp³-hybridized carbons (Fsp3) is 0.0526. The predicted molar refractivity (Wildman–Crippen MR) is 97.1 cm³/mol. The summed E-state index contributed by atoms with van der Waals surface area (Å²) in [5.74, 6) is -1.88. The van der Waals surface area contributed by atoms with Gasteiger partial charge in [0.2, 0.25) is 0 Å². The van der Waals surface area contributed by atoms with E-state index < -0.39 is 23.3 Å².